The van der Waals surface area contributed by atoms with Gasteiger partial charge in [0.25, 0.3) is 5.91 Å². The van der Waals surface area contributed by atoms with Gasteiger partial charge in [-0.3, -0.25) is 4.79 Å². The Morgan fingerprint density at radius 1 is 1.29 bits per heavy atom. The zero-order valence-corrected chi connectivity index (χ0v) is 16.3. The van der Waals surface area contributed by atoms with Crippen LogP contribution in [0.15, 0.2) is 53.6 Å². The summed E-state index contributed by atoms with van der Waals surface area (Å²) in [5.41, 5.74) is 4.98. The monoisotopic (exact) mass is 393 g/mol. The lowest BCUT2D eigenvalue weighted by Crippen LogP contribution is -2.35. The Hall–Kier alpha value is -3.44. The summed E-state index contributed by atoms with van der Waals surface area (Å²) in [4.78, 5) is 16.8. The first-order chi connectivity index (χ1) is 13.6. The Morgan fingerprint density at radius 2 is 2.04 bits per heavy atom. The number of benzene rings is 2. The number of ether oxygens (including phenoxy) is 1. The van der Waals surface area contributed by atoms with E-state index < -0.39 is 6.04 Å². The number of anilines is 1. The molecule has 2 N–H and O–H groups in total. The maximum Gasteiger partial charge on any atom is 0.262 e. The molecule has 0 saturated carbocycles. The third-order valence-corrected chi connectivity index (χ3v) is 4.90. The molecule has 0 aliphatic heterocycles. The lowest BCUT2D eigenvalue weighted by molar-refractivity contribution is -0.121. The Kier molecular flexibility index (Phi) is 6.19. The van der Waals surface area contributed by atoms with E-state index in [-0.39, 0.29) is 12.5 Å². The summed E-state index contributed by atoms with van der Waals surface area (Å²) in [6.07, 6.45) is 0. The smallest absolute Gasteiger partial charge is 0.262 e. The van der Waals surface area contributed by atoms with Crippen LogP contribution in [-0.2, 0) is 4.79 Å². The van der Waals surface area contributed by atoms with Gasteiger partial charge < -0.3 is 10.1 Å². The van der Waals surface area contributed by atoms with Gasteiger partial charge in [-0.2, -0.15) is 10.4 Å². The molecule has 0 radical (unpaired) electrons. The molecule has 8 heteroatoms. The number of nitrogens with one attached hydrogen (secondary N) is 2. The van der Waals surface area contributed by atoms with E-state index >= 15 is 0 Å². The van der Waals surface area contributed by atoms with Crippen LogP contribution in [0.25, 0.3) is 10.2 Å². The third-order valence-electron chi connectivity index (χ3n) is 3.94. The van der Waals surface area contributed by atoms with Gasteiger partial charge in [0.05, 0.1) is 15.9 Å². The number of aromatic nitrogens is 1. The maximum absolute atomic E-state index is 12.3. The number of hydrazone groups is 1. The van der Waals surface area contributed by atoms with Gasteiger partial charge in [-0.05, 0) is 55.8 Å². The summed E-state index contributed by atoms with van der Waals surface area (Å²) < 4.78 is 6.28. The normalized spacial score (nSPS) is 12.2. The number of rotatable bonds is 7. The predicted molar refractivity (Wildman–Crippen MR) is 111 cm³/mol. The van der Waals surface area contributed by atoms with Crippen molar-refractivity contribution in [1.82, 2.24) is 10.4 Å². The fourth-order valence-electron chi connectivity index (χ4n) is 2.39. The molecule has 0 aliphatic carbocycles. The molecule has 0 aliphatic rings. The highest BCUT2D eigenvalue weighted by Gasteiger charge is 2.14. The summed E-state index contributed by atoms with van der Waals surface area (Å²) in [5, 5.41) is 16.5. The van der Waals surface area contributed by atoms with Crippen LogP contribution in [0.4, 0.5) is 5.13 Å². The highest BCUT2D eigenvalue weighted by molar-refractivity contribution is 7.22. The summed E-state index contributed by atoms with van der Waals surface area (Å²) in [6, 6.07) is 16.4. The third kappa shape index (κ3) is 4.84. The Labute approximate surface area is 166 Å². The van der Waals surface area contributed by atoms with Gasteiger partial charge in [0.2, 0.25) is 0 Å². The van der Waals surface area contributed by atoms with Crippen molar-refractivity contribution in [2.24, 2.45) is 5.10 Å². The molecule has 0 bridgehead atoms. The first-order valence-electron chi connectivity index (χ1n) is 8.63. The van der Waals surface area contributed by atoms with Crippen LogP contribution in [0, 0.1) is 11.3 Å². The van der Waals surface area contributed by atoms with Gasteiger partial charge in [0, 0.05) is 0 Å². The number of fused-ring (bicyclic) bond motifs is 1. The highest BCUT2D eigenvalue weighted by Crippen LogP contribution is 2.25. The van der Waals surface area contributed by atoms with Gasteiger partial charge in [-0.15, -0.1) is 0 Å². The van der Waals surface area contributed by atoms with E-state index in [9.17, 15) is 4.79 Å². The number of para-hydroxylation sites is 1. The molecule has 1 amide bonds. The van der Waals surface area contributed by atoms with Crippen LogP contribution >= 0.6 is 11.3 Å². The quantitative estimate of drug-likeness (QED) is 0.472. The number of amides is 1. The van der Waals surface area contributed by atoms with Crippen LogP contribution in [0.1, 0.15) is 19.4 Å². The molecule has 1 aromatic heterocycles. The first kappa shape index (κ1) is 19.3. The SMILES string of the molecule is C/C(=N/NC(=O)[C@H](C)Nc1nc2ccccc2s1)c1ccc(OCC#N)cc1. The van der Waals surface area contributed by atoms with Crippen LogP contribution < -0.4 is 15.5 Å². The van der Waals surface area contributed by atoms with Crippen LogP contribution in [0.5, 0.6) is 5.75 Å². The molecule has 28 heavy (non-hydrogen) atoms. The van der Waals surface area contributed by atoms with Crippen molar-refractivity contribution >= 4 is 38.3 Å². The molecule has 1 atom stereocenters. The van der Waals surface area contributed by atoms with Gasteiger partial charge in [-0.25, -0.2) is 10.4 Å². The van der Waals surface area contributed by atoms with E-state index in [0.29, 0.717) is 16.6 Å². The van der Waals surface area contributed by atoms with Gasteiger partial charge >= 0.3 is 0 Å². The van der Waals surface area contributed by atoms with E-state index in [1.807, 2.05) is 42.5 Å². The maximum atomic E-state index is 12.3. The summed E-state index contributed by atoms with van der Waals surface area (Å²) >= 11 is 1.50. The van der Waals surface area contributed by atoms with E-state index in [0.717, 1.165) is 15.8 Å². The molecular formula is C20H19N5O2S. The minimum atomic E-state index is -0.487. The van der Waals surface area contributed by atoms with E-state index in [1.165, 1.54) is 11.3 Å². The molecule has 3 aromatic rings. The van der Waals surface area contributed by atoms with Crippen molar-refractivity contribution in [2.75, 3.05) is 11.9 Å². The topological polar surface area (TPSA) is 99.4 Å². The molecular weight excluding hydrogens is 374 g/mol. The Bertz CT molecular complexity index is 1000. The molecule has 1 heterocycles. The average molecular weight is 393 g/mol. The molecule has 7 nitrogen and oxygen atoms in total. The largest absolute Gasteiger partial charge is 0.479 e. The Balaban J connectivity index is 1.57. The average Bonchev–Trinajstić information content (AvgIpc) is 3.12. The number of thiazole rings is 1. The lowest BCUT2D eigenvalue weighted by Gasteiger charge is -2.11. The van der Waals surface area contributed by atoms with E-state index in [1.54, 1.807) is 26.0 Å². The second-order valence-corrected chi connectivity index (χ2v) is 7.03. The van der Waals surface area contributed by atoms with Crippen molar-refractivity contribution in [3.8, 4) is 11.8 Å². The number of hydrogen-bond donors (Lipinski definition) is 2. The second-order valence-electron chi connectivity index (χ2n) is 6.00. The first-order valence-corrected chi connectivity index (χ1v) is 9.45. The van der Waals surface area contributed by atoms with Crippen LogP contribution in [-0.4, -0.2) is 29.3 Å². The fraction of sp³-hybridized carbons (Fsp3) is 0.200. The standard InChI is InChI=1S/C20H19N5O2S/c1-13(15-7-9-16(10-8-15)27-12-11-21)24-25-19(26)14(2)22-20-23-17-5-3-4-6-18(17)28-20/h3-10,14H,12H2,1-2H3,(H,22,23)(H,25,26)/b24-13-/t14-/m0/s1. The zero-order valence-electron chi connectivity index (χ0n) is 15.5. The second kappa shape index (κ2) is 8.97. The highest BCUT2D eigenvalue weighted by atomic mass is 32.1. The number of carbonyl (C=O) groups is 1. The summed E-state index contributed by atoms with van der Waals surface area (Å²) in [6.45, 7) is 3.56. The number of carbonyl (C=O) groups excluding carboxylic acids is 1. The zero-order chi connectivity index (χ0) is 19.9. The summed E-state index contributed by atoms with van der Waals surface area (Å²) in [5.74, 6) is 0.350. The van der Waals surface area contributed by atoms with Crippen molar-refractivity contribution in [3.63, 3.8) is 0 Å². The minimum absolute atomic E-state index is 0.00201. The lowest BCUT2D eigenvalue weighted by atomic mass is 10.1. The van der Waals surface area contributed by atoms with E-state index in [4.69, 9.17) is 10.00 Å². The molecule has 0 saturated heterocycles. The summed E-state index contributed by atoms with van der Waals surface area (Å²) in [7, 11) is 0. The molecule has 142 valence electrons. The van der Waals surface area contributed by atoms with Crippen molar-refractivity contribution in [2.45, 2.75) is 19.9 Å². The molecule has 0 unspecified atom stereocenters. The van der Waals surface area contributed by atoms with Gasteiger partial charge in [0.1, 0.15) is 17.9 Å². The van der Waals surface area contributed by atoms with Crippen LogP contribution in [0.3, 0.4) is 0 Å². The molecule has 2 aromatic carbocycles. The van der Waals surface area contributed by atoms with E-state index in [2.05, 4.69) is 20.8 Å². The van der Waals surface area contributed by atoms with Crippen molar-refractivity contribution in [1.29, 1.82) is 5.26 Å². The Morgan fingerprint density at radius 3 is 2.75 bits per heavy atom. The predicted octanol–water partition coefficient (Wildman–Crippen LogP) is 3.54. The number of nitrogens with zero attached hydrogens (tertiary/aromatic N) is 3. The number of nitriles is 1. The minimum Gasteiger partial charge on any atom is -0.479 e. The van der Waals surface area contributed by atoms with Gasteiger partial charge in [0.15, 0.2) is 11.7 Å². The van der Waals surface area contributed by atoms with Crippen LogP contribution in [0.2, 0.25) is 0 Å². The van der Waals surface area contributed by atoms with Crippen molar-refractivity contribution in [3.05, 3.63) is 54.1 Å². The fourth-order valence-corrected chi connectivity index (χ4v) is 3.35. The van der Waals surface area contributed by atoms with Gasteiger partial charge in [-0.1, -0.05) is 23.5 Å². The van der Waals surface area contributed by atoms with Crippen molar-refractivity contribution < 1.29 is 9.53 Å². The molecule has 0 fully saturated rings. The molecule has 0 spiro atoms. The number of hydrogen-bond acceptors (Lipinski definition) is 7. The molecule has 3 rings (SSSR count).